The first-order chi connectivity index (χ1) is 22.7. The number of rotatable bonds is 22. The van der Waals surface area contributed by atoms with Gasteiger partial charge >= 0.3 is 17.1 Å². The fraction of sp³-hybridized carbons (Fsp3) is 0.889. The topological polar surface area (TPSA) is 164 Å². The van der Waals surface area contributed by atoms with Crippen molar-refractivity contribution in [3.8, 4) is 0 Å². The SMILES string of the molecule is C.C.C.C.C[Si](C)(CCCN)O[Si](C)(C)O[Si](C)(C)CCCN.C[Si](C)(CCCN1C(=O)CCC1=O)O[Si](C)(C)O[Si](C)(C)CCCN1C(=O)CCC1=O. The van der Waals surface area contributed by atoms with Gasteiger partial charge in [0.15, 0.2) is 33.3 Å². The van der Waals surface area contributed by atoms with E-state index in [2.05, 4.69) is 78.6 Å². The minimum atomic E-state index is -2.36. The lowest BCUT2D eigenvalue weighted by Crippen LogP contribution is -2.52. The van der Waals surface area contributed by atoms with Crippen molar-refractivity contribution in [1.29, 1.82) is 0 Å². The molecule has 0 aliphatic carbocycles. The minimum Gasteiger partial charge on any atom is -0.437 e. The third kappa shape index (κ3) is 24.2. The van der Waals surface area contributed by atoms with E-state index in [0.29, 0.717) is 38.8 Å². The second-order valence-electron chi connectivity index (χ2n) is 17.1. The van der Waals surface area contributed by atoms with Crippen LogP contribution >= 0.6 is 0 Å². The van der Waals surface area contributed by atoms with Crippen LogP contribution in [0.4, 0.5) is 0 Å². The predicted molar refractivity (Wildman–Crippen MR) is 244 cm³/mol. The van der Waals surface area contributed by atoms with E-state index in [9.17, 15) is 19.2 Å². The Hall–Kier alpha value is -0.659. The molecule has 2 aliphatic rings. The van der Waals surface area contributed by atoms with Crippen molar-refractivity contribution in [3.05, 3.63) is 0 Å². The molecule has 54 heavy (non-hydrogen) atoms. The van der Waals surface area contributed by atoms with Crippen molar-refractivity contribution < 1.29 is 35.6 Å². The van der Waals surface area contributed by atoms with E-state index >= 15 is 0 Å². The molecule has 0 radical (unpaired) electrons. The Labute approximate surface area is 339 Å². The van der Waals surface area contributed by atoms with E-state index in [4.69, 9.17) is 27.9 Å². The largest absolute Gasteiger partial charge is 0.437 e. The van der Waals surface area contributed by atoms with Gasteiger partial charge in [-0.2, -0.15) is 0 Å². The Morgan fingerprint density at radius 2 is 0.630 bits per heavy atom. The number of carbonyl (C=O) groups is 4. The van der Waals surface area contributed by atoms with Crippen LogP contribution in [-0.4, -0.2) is 110 Å². The molecule has 324 valence electrons. The minimum absolute atomic E-state index is 0. The molecule has 0 atom stereocenters. The lowest BCUT2D eigenvalue weighted by Gasteiger charge is -2.39. The fourth-order valence-electron chi connectivity index (χ4n) is 7.03. The third-order valence-corrected chi connectivity index (χ3v) is 31.6. The van der Waals surface area contributed by atoms with E-state index < -0.39 is 50.4 Å². The molecule has 0 aromatic rings. The smallest absolute Gasteiger partial charge is 0.311 e. The highest BCUT2D eigenvalue weighted by atomic mass is 28.5. The molecule has 2 rings (SSSR count). The zero-order valence-electron chi connectivity index (χ0n) is 33.6. The van der Waals surface area contributed by atoms with Crippen LogP contribution in [0, 0.1) is 0 Å². The van der Waals surface area contributed by atoms with Gasteiger partial charge in [0.25, 0.3) is 0 Å². The molecule has 4 N–H and O–H groups in total. The molecule has 0 saturated carbocycles. The molecule has 12 nitrogen and oxygen atoms in total. The molecular weight excluding hydrogens is 785 g/mol. The second-order valence-corrected chi connectivity index (χ2v) is 42.1. The number of nitrogens with zero attached hydrogens (tertiary/aromatic N) is 2. The highest BCUT2D eigenvalue weighted by Gasteiger charge is 2.41. The summed E-state index contributed by atoms with van der Waals surface area (Å²) in [7, 11) is -11.7. The van der Waals surface area contributed by atoms with Crippen LogP contribution in [0.5, 0.6) is 0 Å². The highest BCUT2D eigenvalue weighted by Crippen LogP contribution is 2.28. The summed E-state index contributed by atoms with van der Waals surface area (Å²) in [5, 5.41) is 0. The summed E-state index contributed by atoms with van der Waals surface area (Å²) in [6.45, 7) is 28.7. The number of hydrogen-bond acceptors (Lipinski definition) is 10. The van der Waals surface area contributed by atoms with Gasteiger partial charge in [0.1, 0.15) is 0 Å². The van der Waals surface area contributed by atoms with Crippen molar-refractivity contribution in [1.82, 2.24) is 9.80 Å². The van der Waals surface area contributed by atoms with Crippen LogP contribution in [0.3, 0.4) is 0 Å². The summed E-state index contributed by atoms with van der Waals surface area (Å²) in [4.78, 5) is 49.8. The number of hydrogen-bond donors (Lipinski definition) is 2. The maximum absolute atomic E-state index is 11.8. The maximum Gasteiger partial charge on any atom is 0.311 e. The molecule has 0 spiro atoms. The Bertz CT molecular complexity index is 1030. The van der Waals surface area contributed by atoms with Gasteiger partial charge in [0, 0.05) is 38.8 Å². The van der Waals surface area contributed by atoms with Crippen molar-refractivity contribution in [2.75, 3.05) is 26.2 Å². The molecule has 2 fully saturated rings. The molecular formula is C36H88N4O8Si6. The predicted octanol–water partition coefficient (Wildman–Crippen LogP) is 8.58. The Kier molecular flexibility index (Phi) is 28.5. The lowest BCUT2D eigenvalue weighted by atomic mass is 10.4. The van der Waals surface area contributed by atoms with Crippen LogP contribution in [0.2, 0.25) is 103 Å². The van der Waals surface area contributed by atoms with Crippen LogP contribution < -0.4 is 11.5 Å². The van der Waals surface area contributed by atoms with Crippen LogP contribution in [0.15, 0.2) is 0 Å². The average molecular weight is 874 g/mol. The average Bonchev–Trinajstić information content (AvgIpc) is 3.43. The zero-order chi connectivity index (χ0) is 38.6. The Balaban J connectivity index is -0.000000476. The molecule has 0 aromatic heterocycles. The molecule has 2 aliphatic heterocycles. The number of amides is 4. The highest BCUT2D eigenvalue weighted by molar-refractivity contribution is 6.88. The number of imide groups is 2. The first-order valence-corrected chi connectivity index (χ1v) is 36.7. The molecule has 18 heteroatoms. The normalized spacial score (nSPS) is 15.6. The summed E-state index contributed by atoms with van der Waals surface area (Å²) in [5.74, 6) is -0.246. The Morgan fingerprint density at radius 1 is 0.426 bits per heavy atom. The van der Waals surface area contributed by atoms with E-state index in [1.54, 1.807) is 0 Å². The van der Waals surface area contributed by atoms with E-state index in [1.807, 2.05) is 0 Å². The fourth-order valence-corrected chi connectivity index (χ4v) is 35.2. The molecule has 0 bridgehead atoms. The number of nitrogens with two attached hydrogens (primary N) is 2. The summed E-state index contributed by atoms with van der Waals surface area (Å²) in [6.07, 6.45) is 4.98. The molecule has 0 aromatic carbocycles. The third-order valence-electron chi connectivity index (χ3n) is 8.69. The van der Waals surface area contributed by atoms with Crippen LogP contribution in [-0.2, 0) is 35.6 Å². The maximum atomic E-state index is 11.8. The van der Waals surface area contributed by atoms with Gasteiger partial charge in [-0.25, -0.2) is 0 Å². The van der Waals surface area contributed by atoms with Crippen LogP contribution in [0.25, 0.3) is 0 Å². The first-order valence-electron chi connectivity index (χ1n) is 18.6. The summed E-state index contributed by atoms with van der Waals surface area (Å²) >= 11 is 0. The molecule has 4 amide bonds. The quantitative estimate of drug-likeness (QED) is 0.0796. The molecule has 2 saturated heterocycles. The number of likely N-dealkylation sites (tertiary alicyclic amines) is 2. The van der Waals surface area contributed by atoms with Crippen molar-refractivity contribution in [2.24, 2.45) is 11.5 Å². The van der Waals surface area contributed by atoms with Gasteiger partial charge in [-0.15, -0.1) is 0 Å². The molecule has 0 unspecified atom stereocenters. The van der Waals surface area contributed by atoms with E-state index in [-0.39, 0.29) is 53.3 Å². The summed E-state index contributed by atoms with van der Waals surface area (Å²) < 4.78 is 26.0. The van der Waals surface area contributed by atoms with Gasteiger partial charge in [-0.1, -0.05) is 29.7 Å². The summed E-state index contributed by atoms with van der Waals surface area (Å²) in [5.41, 5.74) is 11.2. The van der Waals surface area contributed by atoms with Gasteiger partial charge in [0.05, 0.1) is 0 Å². The second kappa shape index (κ2) is 25.6. The van der Waals surface area contributed by atoms with E-state index in [0.717, 1.165) is 62.9 Å². The zero-order valence-corrected chi connectivity index (χ0v) is 39.6. The van der Waals surface area contributed by atoms with Crippen molar-refractivity contribution in [3.63, 3.8) is 0 Å². The lowest BCUT2D eigenvalue weighted by molar-refractivity contribution is -0.139. The monoisotopic (exact) mass is 873 g/mol. The molecule has 2 heterocycles. The van der Waals surface area contributed by atoms with Gasteiger partial charge in [-0.05, 0) is 142 Å². The van der Waals surface area contributed by atoms with Crippen molar-refractivity contribution in [2.45, 2.75) is 184 Å². The van der Waals surface area contributed by atoms with E-state index in [1.165, 1.54) is 9.80 Å². The first kappa shape index (κ1) is 60.0. The van der Waals surface area contributed by atoms with Crippen molar-refractivity contribution >= 4 is 74.0 Å². The number of carbonyl (C=O) groups excluding carboxylic acids is 4. The Morgan fingerprint density at radius 3 is 0.833 bits per heavy atom. The van der Waals surface area contributed by atoms with Crippen LogP contribution in [0.1, 0.15) is 81.1 Å². The summed E-state index contributed by atoms with van der Waals surface area (Å²) in [6, 6.07) is 3.97. The standard InChI is InChI=1S/C20H38N2O6Si3.C12H34N2O2Si3.4CH4/c1-29(2,15-7-13-21-17(23)9-10-18(21)24)27-31(5,6)28-30(3,4)16-8-14-22-19(25)11-12-20(22)26;1-17(2,11-7-9-13)15-19(5,6)16-18(3,4)12-8-10-14;;;;/h7-16H2,1-6H3;7-14H2,1-6H3;4*1H4. The van der Waals surface area contributed by atoms with Gasteiger partial charge < -0.3 is 27.9 Å². The van der Waals surface area contributed by atoms with Gasteiger partial charge in [0.2, 0.25) is 23.6 Å². The van der Waals surface area contributed by atoms with Gasteiger partial charge in [-0.3, -0.25) is 29.0 Å².